The van der Waals surface area contributed by atoms with Crippen LogP contribution in [0, 0.1) is 0 Å². The molecule has 0 saturated heterocycles. The summed E-state index contributed by atoms with van der Waals surface area (Å²) in [6.45, 7) is 2.84. The van der Waals surface area contributed by atoms with Crippen LogP contribution in [-0.4, -0.2) is 28.9 Å². The fourth-order valence-corrected chi connectivity index (χ4v) is 2.93. The van der Waals surface area contributed by atoms with Crippen LogP contribution in [0.3, 0.4) is 0 Å². The van der Waals surface area contributed by atoms with Gasteiger partial charge in [-0.2, -0.15) is 0 Å². The molecule has 0 aliphatic carbocycles. The Balaban J connectivity index is 0.00000420. The molecule has 0 heterocycles. The molecule has 2 aromatic carbocycles. The van der Waals surface area contributed by atoms with Crippen LogP contribution in [0.5, 0.6) is 11.5 Å². The third-order valence-electron chi connectivity index (χ3n) is 4.37. The van der Waals surface area contributed by atoms with Crippen LogP contribution >= 0.6 is 12.4 Å². The van der Waals surface area contributed by atoms with Gasteiger partial charge in [-0.3, -0.25) is 0 Å². The minimum absolute atomic E-state index is 0. The second-order valence-electron chi connectivity index (χ2n) is 6.50. The van der Waals surface area contributed by atoms with Crippen molar-refractivity contribution in [1.82, 2.24) is 0 Å². The molecule has 2 N–H and O–H groups in total. The van der Waals surface area contributed by atoms with Gasteiger partial charge in [-0.15, -0.1) is 12.4 Å². The number of carboxylic acid groups (broad SMARTS) is 2. The number of hydrogen-bond acceptors (Lipinski definition) is 4. The zero-order valence-corrected chi connectivity index (χ0v) is 17.2. The quantitative estimate of drug-likeness (QED) is 0.252. The van der Waals surface area contributed by atoms with E-state index in [0.29, 0.717) is 23.5 Å². The lowest BCUT2D eigenvalue weighted by atomic mass is 10.0. The molecule has 0 bridgehead atoms. The van der Waals surface area contributed by atoms with Gasteiger partial charge in [-0.25, -0.2) is 9.59 Å². The first-order valence-corrected chi connectivity index (χ1v) is 9.53. The van der Waals surface area contributed by atoms with E-state index in [9.17, 15) is 14.7 Å². The van der Waals surface area contributed by atoms with Crippen LogP contribution in [0.2, 0.25) is 0 Å². The Morgan fingerprint density at radius 1 is 0.897 bits per heavy atom. The lowest BCUT2D eigenvalue weighted by molar-refractivity contribution is 0.0693. The van der Waals surface area contributed by atoms with Crippen molar-refractivity contribution in [2.24, 2.45) is 0 Å². The van der Waals surface area contributed by atoms with Gasteiger partial charge >= 0.3 is 12.1 Å². The lowest BCUT2D eigenvalue weighted by Gasteiger charge is -2.12. The first kappa shape index (κ1) is 24.3. The van der Waals surface area contributed by atoms with Crippen molar-refractivity contribution in [3.8, 4) is 22.6 Å². The molecule has 2 rings (SSSR count). The van der Waals surface area contributed by atoms with Crippen molar-refractivity contribution in [1.29, 1.82) is 0 Å². The highest BCUT2D eigenvalue weighted by Crippen LogP contribution is 2.34. The Hall–Kier alpha value is -2.73. The Morgan fingerprint density at radius 2 is 1.55 bits per heavy atom. The SMILES string of the molecule is CCCCCCCCOc1ccc(-c2cccc(C(=O)O)c2OC(=O)O)cc1.Cl. The lowest BCUT2D eigenvalue weighted by Crippen LogP contribution is -2.09. The number of para-hydroxylation sites is 1. The highest BCUT2D eigenvalue weighted by atomic mass is 35.5. The Bertz CT molecular complexity index is 788. The van der Waals surface area contributed by atoms with Gasteiger partial charge in [-0.1, -0.05) is 63.3 Å². The summed E-state index contributed by atoms with van der Waals surface area (Å²) in [5.74, 6) is -0.729. The van der Waals surface area contributed by atoms with Crippen molar-refractivity contribution in [2.75, 3.05) is 6.61 Å². The van der Waals surface area contributed by atoms with Crippen LogP contribution in [0.1, 0.15) is 55.8 Å². The van der Waals surface area contributed by atoms with Crippen molar-refractivity contribution in [2.45, 2.75) is 45.4 Å². The number of unbranched alkanes of at least 4 members (excludes halogenated alkanes) is 5. The van der Waals surface area contributed by atoms with E-state index >= 15 is 0 Å². The van der Waals surface area contributed by atoms with Gasteiger partial charge in [0.25, 0.3) is 0 Å². The average Bonchev–Trinajstić information content (AvgIpc) is 2.67. The Morgan fingerprint density at radius 3 is 2.17 bits per heavy atom. The first-order chi connectivity index (χ1) is 13.5. The van der Waals surface area contributed by atoms with Gasteiger partial charge in [0.2, 0.25) is 0 Å². The number of ether oxygens (including phenoxy) is 2. The molecule has 2 aromatic rings. The minimum atomic E-state index is -1.56. The van der Waals surface area contributed by atoms with Crippen LogP contribution in [0.4, 0.5) is 4.79 Å². The number of aromatic carboxylic acids is 1. The summed E-state index contributed by atoms with van der Waals surface area (Å²) < 4.78 is 10.5. The number of carbonyl (C=O) groups is 2. The summed E-state index contributed by atoms with van der Waals surface area (Å²) in [4.78, 5) is 22.4. The fraction of sp³-hybridized carbons (Fsp3) is 0.364. The minimum Gasteiger partial charge on any atom is -0.494 e. The van der Waals surface area contributed by atoms with Crippen molar-refractivity contribution in [3.05, 3.63) is 48.0 Å². The van der Waals surface area contributed by atoms with Gasteiger partial charge in [0.1, 0.15) is 11.3 Å². The second-order valence-corrected chi connectivity index (χ2v) is 6.50. The van der Waals surface area contributed by atoms with Crippen LogP contribution < -0.4 is 9.47 Å². The maximum absolute atomic E-state index is 11.4. The predicted octanol–water partition coefficient (Wildman–Crippen LogP) is 6.27. The normalized spacial score (nSPS) is 10.1. The summed E-state index contributed by atoms with van der Waals surface area (Å²) in [5, 5.41) is 18.2. The maximum atomic E-state index is 11.4. The molecule has 6 nitrogen and oxygen atoms in total. The van der Waals surface area contributed by atoms with Crippen molar-refractivity contribution in [3.63, 3.8) is 0 Å². The molecule has 0 saturated carbocycles. The molecule has 158 valence electrons. The summed E-state index contributed by atoms with van der Waals surface area (Å²) in [7, 11) is 0. The summed E-state index contributed by atoms with van der Waals surface area (Å²) >= 11 is 0. The molecule has 0 aliphatic heterocycles. The van der Waals surface area contributed by atoms with Gasteiger partial charge in [0.15, 0.2) is 5.75 Å². The fourth-order valence-electron chi connectivity index (χ4n) is 2.93. The number of benzene rings is 2. The summed E-state index contributed by atoms with van der Waals surface area (Å²) in [6, 6.07) is 11.6. The smallest absolute Gasteiger partial charge is 0.494 e. The highest BCUT2D eigenvalue weighted by Gasteiger charge is 2.19. The first-order valence-electron chi connectivity index (χ1n) is 9.53. The van der Waals surface area contributed by atoms with E-state index in [4.69, 9.17) is 14.6 Å². The molecule has 0 spiro atoms. The average molecular weight is 423 g/mol. The zero-order chi connectivity index (χ0) is 20.4. The largest absolute Gasteiger partial charge is 0.511 e. The van der Waals surface area contributed by atoms with E-state index < -0.39 is 12.1 Å². The molecule has 0 amide bonds. The standard InChI is InChI=1S/C22H26O6.ClH/c1-2-3-4-5-6-7-15-27-17-13-11-16(12-14-17)18-9-8-10-19(21(23)24)20(18)28-22(25)26;/h8-14H,2-7,15H2,1H3,(H,23,24)(H,25,26);1H. The maximum Gasteiger partial charge on any atom is 0.511 e. The summed E-state index contributed by atoms with van der Waals surface area (Å²) in [6.07, 6.45) is 5.59. The predicted molar refractivity (Wildman–Crippen MR) is 114 cm³/mol. The zero-order valence-electron chi connectivity index (χ0n) is 16.4. The van der Waals surface area contributed by atoms with Crippen LogP contribution in [0.25, 0.3) is 11.1 Å². The van der Waals surface area contributed by atoms with Gasteiger partial charge in [-0.05, 0) is 30.2 Å². The van der Waals surface area contributed by atoms with Crippen LogP contribution in [0.15, 0.2) is 42.5 Å². The molecule has 0 radical (unpaired) electrons. The van der Waals surface area contributed by atoms with Crippen LogP contribution in [-0.2, 0) is 0 Å². The Labute approximate surface area is 176 Å². The van der Waals surface area contributed by atoms with E-state index in [1.54, 1.807) is 36.4 Å². The molecule has 0 aliphatic rings. The van der Waals surface area contributed by atoms with Gasteiger partial charge < -0.3 is 19.7 Å². The topological polar surface area (TPSA) is 93.1 Å². The van der Waals surface area contributed by atoms with E-state index in [0.717, 1.165) is 12.8 Å². The second kappa shape index (κ2) is 12.7. The summed E-state index contributed by atoms with van der Waals surface area (Å²) in [5.41, 5.74) is 0.833. The molecule has 0 unspecified atom stereocenters. The molecular weight excluding hydrogens is 396 g/mol. The highest BCUT2D eigenvalue weighted by molar-refractivity contribution is 5.95. The van der Waals surface area contributed by atoms with Gasteiger partial charge in [0.05, 0.1) is 6.61 Å². The van der Waals surface area contributed by atoms with Crippen molar-refractivity contribution >= 4 is 24.5 Å². The van der Waals surface area contributed by atoms with E-state index in [2.05, 4.69) is 6.92 Å². The third-order valence-corrected chi connectivity index (χ3v) is 4.37. The number of hydrogen-bond donors (Lipinski definition) is 2. The molecule has 29 heavy (non-hydrogen) atoms. The number of rotatable bonds is 11. The van der Waals surface area contributed by atoms with Crippen molar-refractivity contribution < 1.29 is 29.3 Å². The monoisotopic (exact) mass is 422 g/mol. The Kier molecular flexibility index (Phi) is 10.6. The molecular formula is C22H27ClO6. The van der Waals surface area contributed by atoms with Gasteiger partial charge in [0, 0.05) is 5.56 Å². The third kappa shape index (κ3) is 7.66. The molecule has 0 fully saturated rings. The molecule has 7 heteroatoms. The molecule has 0 aromatic heterocycles. The number of carboxylic acids is 1. The van der Waals surface area contributed by atoms with E-state index in [1.165, 1.54) is 31.7 Å². The van der Waals surface area contributed by atoms with E-state index in [1.807, 2.05) is 0 Å². The molecule has 0 atom stereocenters. The van der Waals surface area contributed by atoms with E-state index in [-0.39, 0.29) is 23.7 Å². The number of halogens is 1.